The summed E-state index contributed by atoms with van der Waals surface area (Å²) in [5, 5.41) is 7.72. The molecular weight excluding hydrogens is 408 g/mol. The normalized spacial score (nSPS) is 14.4. The predicted octanol–water partition coefficient (Wildman–Crippen LogP) is 3.71. The molecule has 1 fully saturated rings. The number of nitrogens with zero attached hydrogens (tertiary/aromatic N) is 6. The van der Waals surface area contributed by atoms with Gasteiger partial charge in [-0.2, -0.15) is 5.10 Å². The largest absolute Gasteiger partial charge is 0.352 e. The first-order chi connectivity index (χ1) is 15.2. The van der Waals surface area contributed by atoms with Gasteiger partial charge in [-0.1, -0.05) is 31.2 Å². The smallest absolute Gasteiger partial charge is 0.264 e. The highest BCUT2D eigenvalue weighted by molar-refractivity contribution is 7.12. The van der Waals surface area contributed by atoms with Gasteiger partial charge in [-0.25, -0.2) is 14.6 Å². The van der Waals surface area contributed by atoms with E-state index in [1.54, 1.807) is 0 Å². The van der Waals surface area contributed by atoms with Crippen molar-refractivity contribution in [3.8, 4) is 5.69 Å². The Morgan fingerprint density at radius 3 is 2.48 bits per heavy atom. The maximum atomic E-state index is 12.7. The molecule has 0 saturated carbocycles. The molecule has 31 heavy (non-hydrogen) atoms. The molecule has 4 aromatic rings. The Balaban J connectivity index is 1.49. The standard InChI is InChI=1S/C23H24N6OS/c1-3-19-24-21(27-11-13-28(14-12-27)23(30)18-10-7-15-31-18)20-16(2)26-29(22(20)25-19)17-8-5-4-6-9-17/h4-10,15H,3,11-14H2,1-2H3. The van der Waals surface area contributed by atoms with Gasteiger partial charge < -0.3 is 9.80 Å². The second kappa shape index (κ2) is 8.11. The zero-order valence-electron chi connectivity index (χ0n) is 17.7. The third-order valence-electron chi connectivity index (χ3n) is 5.64. The fraction of sp³-hybridized carbons (Fsp3) is 0.304. The van der Waals surface area contributed by atoms with E-state index in [0.717, 1.165) is 58.4 Å². The Labute approximate surface area is 185 Å². The molecule has 0 aliphatic carbocycles. The Morgan fingerprint density at radius 2 is 1.81 bits per heavy atom. The Hall–Kier alpha value is -3.26. The summed E-state index contributed by atoms with van der Waals surface area (Å²) in [5.74, 6) is 1.84. The first-order valence-corrected chi connectivity index (χ1v) is 11.4. The van der Waals surface area contributed by atoms with Crippen molar-refractivity contribution in [1.29, 1.82) is 0 Å². The molecule has 0 spiro atoms. The lowest BCUT2D eigenvalue weighted by molar-refractivity contribution is 0.0751. The number of aryl methyl sites for hydroxylation is 2. The summed E-state index contributed by atoms with van der Waals surface area (Å²) in [7, 11) is 0. The topological polar surface area (TPSA) is 67.2 Å². The molecule has 158 valence electrons. The van der Waals surface area contributed by atoms with E-state index in [1.165, 1.54) is 11.3 Å². The van der Waals surface area contributed by atoms with Crippen molar-refractivity contribution in [2.24, 2.45) is 0 Å². The molecule has 7 nitrogen and oxygen atoms in total. The van der Waals surface area contributed by atoms with Crippen LogP contribution in [-0.4, -0.2) is 56.7 Å². The molecule has 1 amide bonds. The van der Waals surface area contributed by atoms with Gasteiger partial charge in [-0.05, 0) is 30.5 Å². The lowest BCUT2D eigenvalue weighted by atomic mass is 10.2. The molecule has 0 N–H and O–H groups in total. The zero-order valence-corrected chi connectivity index (χ0v) is 18.5. The van der Waals surface area contributed by atoms with Crippen molar-refractivity contribution in [3.05, 3.63) is 64.2 Å². The monoisotopic (exact) mass is 432 g/mol. The van der Waals surface area contributed by atoms with Gasteiger partial charge in [0.1, 0.15) is 11.6 Å². The molecule has 4 heterocycles. The highest BCUT2D eigenvalue weighted by Crippen LogP contribution is 2.30. The van der Waals surface area contributed by atoms with Crippen LogP contribution < -0.4 is 4.90 Å². The number of hydrogen-bond acceptors (Lipinski definition) is 6. The highest BCUT2D eigenvalue weighted by atomic mass is 32.1. The number of thiophene rings is 1. The van der Waals surface area contributed by atoms with Crippen molar-refractivity contribution >= 4 is 34.1 Å². The van der Waals surface area contributed by atoms with Crippen molar-refractivity contribution in [1.82, 2.24) is 24.6 Å². The van der Waals surface area contributed by atoms with Crippen molar-refractivity contribution in [2.45, 2.75) is 20.3 Å². The molecule has 1 aromatic carbocycles. The quantitative estimate of drug-likeness (QED) is 0.492. The highest BCUT2D eigenvalue weighted by Gasteiger charge is 2.27. The lowest BCUT2D eigenvalue weighted by Crippen LogP contribution is -2.49. The minimum Gasteiger partial charge on any atom is -0.352 e. The van der Waals surface area contributed by atoms with E-state index in [9.17, 15) is 4.79 Å². The first-order valence-electron chi connectivity index (χ1n) is 10.5. The van der Waals surface area contributed by atoms with Crippen LogP contribution in [-0.2, 0) is 6.42 Å². The number of carbonyl (C=O) groups excluding carboxylic acids is 1. The zero-order chi connectivity index (χ0) is 21.4. The maximum Gasteiger partial charge on any atom is 0.264 e. The molecule has 0 atom stereocenters. The summed E-state index contributed by atoms with van der Waals surface area (Å²) < 4.78 is 1.91. The Kier molecular flexibility index (Phi) is 5.15. The van der Waals surface area contributed by atoms with E-state index >= 15 is 0 Å². The number of anilines is 1. The number of aromatic nitrogens is 4. The number of hydrogen-bond donors (Lipinski definition) is 0. The van der Waals surface area contributed by atoms with Crippen LogP contribution in [0.5, 0.6) is 0 Å². The molecule has 0 unspecified atom stereocenters. The van der Waals surface area contributed by atoms with Crippen LogP contribution in [0.3, 0.4) is 0 Å². The average Bonchev–Trinajstić information content (AvgIpc) is 3.47. The fourth-order valence-electron chi connectivity index (χ4n) is 4.02. The SMILES string of the molecule is CCc1nc(N2CCN(C(=O)c3cccs3)CC2)c2c(C)nn(-c3ccccc3)c2n1. The minimum atomic E-state index is 0.116. The van der Waals surface area contributed by atoms with E-state index in [2.05, 4.69) is 11.8 Å². The summed E-state index contributed by atoms with van der Waals surface area (Å²) in [6.07, 6.45) is 0.749. The Bertz CT molecular complexity index is 1210. The van der Waals surface area contributed by atoms with Crippen LogP contribution >= 0.6 is 11.3 Å². The number of rotatable bonds is 4. The van der Waals surface area contributed by atoms with Gasteiger partial charge in [0.25, 0.3) is 5.91 Å². The minimum absolute atomic E-state index is 0.116. The molecule has 8 heteroatoms. The van der Waals surface area contributed by atoms with Gasteiger partial charge in [-0.3, -0.25) is 4.79 Å². The van der Waals surface area contributed by atoms with Crippen LogP contribution in [0.2, 0.25) is 0 Å². The molecule has 1 saturated heterocycles. The first kappa shape index (κ1) is 19.7. The van der Waals surface area contributed by atoms with Gasteiger partial charge in [0.15, 0.2) is 5.65 Å². The number of carbonyl (C=O) groups is 1. The number of benzene rings is 1. The van der Waals surface area contributed by atoms with Gasteiger partial charge in [0, 0.05) is 32.6 Å². The molecule has 3 aromatic heterocycles. The van der Waals surface area contributed by atoms with E-state index in [-0.39, 0.29) is 5.91 Å². The average molecular weight is 433 g/mol. The molecule has 0 bridgehead atoms. The molecule has 0 radical (unpaired) electrons. The van der Waals surface area contributed by atoms with E-state index in [1.807, 2.05) is 64.4 Å². The second-order valence-electron chi connectivity index (χ2n) is 7.60. The van der Waals surface area contributed by atoms with Crippen molar-refractivity contribution < 1.29 is 4.79 Å². The van der Waals surface area contributed by atoms with Gasteiger partial charge in [0.2, 0.25) is 0 Å². The van der Waals surface area contributed by atoms with Crippen molar-refractivity contribution in [3.63, 3.8) is 0 Å². The summed E-state index contributed by atoms with van der Waals surface area (Å²) in [6.45, 7) is 6.91. The van der Waals surface area contributed by atoms with Crippen molar-refractivity contribution in [2.75, 3.05) is 31.1 Å². The summed E-state index contributed by atoms with van der Waals surface area (Å²) in [4.78, 5) is 27.4. The van der Waals surface area contributed by atoms with E-state index in [0.29, 0.717) is 13.1 Å². The summed E-state index contributed by atoms with van der Waals surface area (Å²) in [5.41, 5.74) is 2.73. The number of para-hydroxylation sites is 1. The summed E-state index contributed by atoms with van der Waals surface area (Å²) >= 11 is 1.49. The number of amides is 1. The molecular formula is C23H24N6OS. The third kappa shape index (κ3) is 3.57. The van der Waals surface area contributed by atoms with Crippen LogP contribution in [0.15, 0.2) is 47.8 Å². The van der Waals surface area contributed by atoms with Crippen LogP contribution in [0.4, 0.5) is 5.82 Å². The van der Waals surface area contributed by atoms with Gasteiger partial charge in [-0.15, -0.1) is 11.3 Å². The molecule has 1 aliphatic rings. The maximum absolute atomic E-state index is 12.7. The molecule has 5 rings (SSSR count). The Morgan fingerprint density at radius 1 is 1.03 bits per heavy atom. The van der Waals surface area contributed by atoms with Crippen LogP contribution in [0, 0.1) is 6.92 Å². The van der Waals surface area contributed by atoms with E-state index < -0.39 is 0 Å². The van der Waals surface area contributed by atoms with Gasteiger partial charge in [0.05, 0.1) is 21.6 Å². The molecule has 1 aliphatic heterocycles. The van der Waals surface area contributed by atoms with Crippen LogP contribution in [0.1, 0.15) is 28.1 Å². The number of fused-ring (bicyclic) bond motifs is 1. The van der Waals surface area contributed by atoms with Gasteiger partial charge >= 0.3 is 0 Å². The van der Waals surface area contributed by atoms with E-state index in [4.69, 9.17) is 15.1 Å². The summed E-state index contributed by atoms with van der Waals surface area (Å²) in [6, 6.07) is 13.9. The van der Waals surface area contributed by atoms with Crippen LogP contribution in [0.25, 0.3) is 16.7 Å². The third-order valence-corrected chi connectivity index (χ3v) is 6.50. The fourth-order valence-corrected chi connectivity index (χ4v) is 4.71. The lowest BCUT2D eigenvalue weighted by Gasteiger charge is -2.35. The number of piperazine rings is 1. The second-order valence-corrected chi connectivity index (χ2v) is 8.55. The predicted molar refractivity (Wildman–Crippen MR) is 123 cm³/mol.